The molecule has 2 rings (SSSR count). The smallest absolute Gasteiger partial charge is 0.340 e. The van der Waals surface area contributed by atoms with E-state index in [1.165, 1.54) is 18.8 Å². The maximum absolute atomic E-state index is 12.9. The molecular formula is C22H25N3O5S. The van der Waals surface area contributed by atoms with Gasteiger partial charge in [0.05, 0.1) is 11.3 Å². The minimum absolute atomic E-state index is 0.0128. The minimum Gasteiger partial charge on any atom is -0.444 e. The first kappa shape index (κ1) is 23.9. The molecule has 0 radical (unpaired) electrons. The number of thioether (sulfide) groups is 1. The van der Waals surface area contributed by atoms with Gasteiger partial charge in [0.25, 0.3) is 5.91 Å². The first-order valence-corrected chi connectivity index (χ1v) is 10.6. The van der Waals surface area contributed by atoms with Crippen molar-refractivity contribution in [1.29, 1.82) is 0 Å². The molecule has 0 aliphatic heterocycles. The Hall–Kier alpha value is -3.33. The third-order valence-corrected chi connectivity index (χ3v) is 5.02. The fraction of sp³-hybridized carbons (Fsp3) is 0.273. The summed E-state index contributed by atoms with van der Waals surface area (Å²) in [5.41, 5.74) is 0.636. The van der Waals surface area contributed by atoms with Gasteiger partial charge in [-0.05, 0) is 26.0 Å². The molecule has 0 bridgehead atoms. The van der Waals surface area contributed by atoms with Gasteiger partial charge in [-0.3, -0.25) is 14.9 Å². The summed E-state index contributed by atoms with van der Waals surface area (Å²) in [4.78, 5) is 49.6. The molecule has 0 aromatic heterocycles. The average molecular weight is 444 g/mol. The van der Waals surface area contributed by atoms with Gasteiger partial charge in [-0.1, -0.05) is 42.5 Å². The molecule has 0 fully saturated rings. The van der Waals surface area contributed by atoms with Crippen LogP contribution in [-0.2, 0) is 14.3 Å². The van der Waals surface area contributed by atoms with Gasteiger partial charge in [0.15, 0.2) is 0 Å². The molecule has 8 nitrogen and oxygen atoms in total. The second kappa shape index (κ2) is 11.8. The predicted molar refractivity (Wildman–Crippen MR) is 118 cm³/mol. The Labute approximate surface area is 185 Å². The number of amides is 4. The number of benzene rings is 2. The molecule has 9 heteroatoms. The van der Waals surface area contributed by atoms with Gasteiger partial charge in [-0.15, -0.1) is 11.8 Å². The zero-order chi connectivity index (χ0) is 22.8. The Morgan fingerprint density at radius 2 is 1.61 bits per heavy atom. The lowest BCUT2D eigenvalue weighted by Gasteiger charge is -2.18. The number of carbonyl (C=O) groups excluding carboxylic acids is 4. The van der Waals surface area contributed by atoms with Crippen LogP contribution in [0, 0.1) is 0 Å². The number of urea groups is 1. The van der Waals surface area contributed by atoms with Crippen molar-refractivity contribution in [2.45, 2.75) is 30.9 Å². The number of imide groups is 1. The quantitative estimate of drug-likeness (QED) is 0.427. The number of esters is 1. The number of nitrogens with one attached hydrogen (secondary N) is 3. The molecule has 0 aliphatic carbocycles. The monoisotopic (exact) mass is 443 g/mol. The Morgan fingerprint density at radius 1 is 0.968 bits per heavy atom. The summed E-state index contributed by atoms with van der Waals surface area (Å²) in [5, 5.41) is 7.21. The molecule has 4 amide bonds. The molecule has 1 atom stereocenters. The van der Waals surface area contributed by atoms with Gasteiger partial charge in [-0.25, -0.2) is 9.59 Å². The fourth-order valence-corrected chi connectivity index (χ4v) is 3.43. The Bertz CT molecular complexity index is 934. The maximum atomic E-state index is 12.9. The zero-order valence-corrected chi connectivity index (χ0v) is 18.3. The van der Waals surface area contributed by atoms with E-state index in [1.807, 2.05) is 13.8 Å². The van der Waals surface area contributed by atoms with Crippen LogP contribution < -0.4 is 16.0 Å². The average Bonchev–Trinajstić information content (AvgIpc) is 2.76. The molecule has 0 aliphatic rings. The van der Waals surface area contributed by atoms with Crippen LogP contribution in [-0.4, -0.2) is 42.7 Å². The normalized spacial score (nSPS) is 11.4. The van der Waals surface area contributed by atoms with Crippen molar-refractivity contribution < 1.29 is 23.9 Å². The van der Waals surface area contributed by atoms with Crippen molar-refractivity contribution in [3.63, 3.8) is 0 Å². The molecule has 1 unspecified atom stereocenters. The van der Waals surface area contributed by atoms with Crippen molar-refractivity contribution in [3.8, 4) is 0 Å². The van der Waals surface area contributed by atoms with Crippen LogP contribution in [0.3, 0.4) is 0 Å². The number of hydrogen-bond donors (Lipinski definition) is 3. The number of rotatable bonds is 8. The van der Waals surface area contributed by atoms with Crippen LogP contribution in [0.1, 0.15) is 35.9 Å². The van der Waals surface area contributed by atoms with E-state index in [1.54, 1.807) is 54.6 Å². The highest BCUT2D eigenvalue weighted by molar-refractivity contribution is 8.00. The summed E-state index contributed by atoms with van der Waals surface area (Å²) in [7, 11) is 1.37. The summed E-state index contributed by atoms with van der Waals surface area (Å²) in [6, 6.07) is 14.4. The molecule has 3 N–H and O–H groups in total. The summed E-state index contributed by atoms with van der Waals surface area (Å²) >= 11 is 1.19. The number of ether oxygens (including phenoxy) is 1. The van der Waals surface area contributed by atoms with Gasteiger partial charge < -0.3 is 15.4 Å². The van der Waals surface area contributed by atoms with Crippen molar-refractivity contribution in [3.05, 3.63) is 65.7 Å². The van der Waals surface area contributed by atoms with Crippen LogP contribution in [0.2, 0.25) is 0 Å². The van der Waals surface area contributed by atoms with E-state index >= 15 is 0 Å². The molecule has 164 valence electrons. The van der Waals surface area contributed by atoms with Crippen molar-refractivity contribution in [2.75, 3.05) is 12.8 Å². The largest absolute Gasteiger partial charge is 0.444 e. The van der Waals surface area contributed by atoms with Crippen LogP contribution in [0.15, 0.2) is 59.5 Å². The van der Waals surface area contributed by atoms with E-state index in [-0.39, 0.29) is 23.3 Å². The van der Waals surface area contributed by atoms with E-state index in [0.717, 1.165) is 0 Å². The molecule has 2 aromatic rings. The Kier molecular flexibility index (Phi) is 9.08. The highest BCUT2D eigenvalue weighted by atomic mass is 32.2. The van der Waals surface area contributed by atoms with Crippen LogP contribution in [0.4, 0.5) is 4.79 Å². The minimum atomic E-state index is -1.33. The van der Waals surface area contributed by atoms with E-state index in [9.17, 15) is 19.2 Å². The zero-order valence-electron chi connectivity index (χ0n) is 17.5. The lowest BCUT2D eigenvalue weighted by Crippen LogP contribution is -2.41. The third kappa shape index (κ3) is 7.45. The van der Waals surface area contributed by atoms with Gasteiger partial charge in [0.2, 0.25) is 12.0 Å². The van der Waals surface area contributed by atoms with Crippen LogP contribution in [0.5, 0.6) is 0 Å². The fourth-order valence-electron chi connectivity index (χ4n) is 2.58. The molecule has 2 aromatic carbocycles. The van der Waals surface area contributed by atoms with E-state index in [0.29, 0.717) is 10.5 Å². The highest BCUT2D eigenvalue weighted by Gasteiger charge is 2.28. The van der Waals surface area contributed by atoms with Crippen molar-refractivity contribution in [2.24, 2.45) is 0 Å². The predicted octanol–water partition coefficient (Wildman–Crippen LogP) is 2.66. The van der Waals surface area contributed by atoms with Gasteiger partial charge in [0, 0.05) is 23.5 Å². The van der Waals surface area contributed by atoms with E-state index in [4.69, 9.17) is 4.74 Å². The number of hydrogen-bond acceptors (Lipinski definition) is 6. The molecule has 0 spiro atoms. The van der Waals surface area contributed by atoms with Crippen LogP contribution >= 0.6 is 11.8 Å². The van der Waals surface area contributed by atoms with E-state index in [2.05, 4.69) is 16.0 Å². The standard InChI is InChI=1S/C22H25N3O5S/c1-14(2)24-18(26)13-31-17-12-8-7-11-16(17)21(28)30-19(15-9-5-4-6-10-15)20(27)25-22(29)23-3/h4-12,14,19H,13H2,1-3H3,(H,24,26)(H2,23,25,27,29). The molecular weight excluding hydrogens is 418 g/mol. The molecule has 31 heavy (non-hydrogen) atoms. The Balaban J connectivity index is 2.21. The van der Waals surface area contributed by atoms with Gasteiger partial charge in [0.1, 0.15) is 0 Å². The van der Waals surface area contributed by atoms with E-state index < -0.39 is 24.0 Å². The molecule has 0 heterocycles. The molecule has 0 saturated carbocycles. The summed E-state index contributed by atoms with van der Waals surface area (Å²) in [6.45, 7) is 3.73. The SMILES string of the molecule is CNC(=O)NC(=O)C(OC(=O)c1ccccc1SCC(=O)NC(C)C)c1ccccc1. The molecule has 0 saturated heterocycles. The first-order valence-electron chi connectivity index (χ1n) is 9.61. The Morgan fingerprint density at radius 3 is 2.26 bits per heavy atom. The maximum Gasteiger partial charge on any atom is 0.340 e. The summed E-state index contributed by atoms with van der Waals surface area (Å²) in [5.74, 6) is -1.55. The summed E-state index contributed by atoms with van der Waals surface area (Å²) < 4.78 is 5.50. The second-order valence-corrected chi connectivity index (χ2v) is 7.79. The highest BCUT2D eigenvalue weighted by Crippen LogP contribution is 2.26. The van der Waals surface area contributed by atoms with Crippen LogP contribution in [0.25, 0.3) is 0 Å². The van der Waals surface area contributed by atoms with Crippen molar-refractivity contribution >= 4 is 35.6 Å². The first-order chi connectivity index (χ1) is 14.8. The second-order valence-electron chi connectivity index (χ2n) is 6.77. The lowest BCUT2D eigenvalue weighted by molar-refractivity contribution is -0.129. The van der Waals surface area contributed by atoms with Gasteiger partial charge >= 0.3 is 12.0 Å². The van der Waals surface area contributed by atoms with Gasteiger partial charge in [-0.2, -0.15) is 0 Å². The topological polar surface area (TPSA) is 114 Å². The lowest BCUT2D eigenvalue weighted by atomic mass is 10.1. The summed E-state index contributed by atoms with van der Waals surface area (Å²) in [6.07, 6.45) is -1.33. The van der Waals surface area contributed by atoms with Crippen molar-refractivity contribution in [1.82, 2.24) is 16.0 Å². The number of carbonyl (C=O) groups is 4. The third-order valence-electron chi connectivity index (χ3n) is 3.94.